The minimum atomic E-state index is 0. The zero-order valence-corrected chi connectivity index (χ0v) is 6.76. The molecule has 0 rings (SSSR count). The second-order valence-electron chi connectivity index (χ2n) is 2.01. The first-order chi connectivity index (χ1) is 4.66. The van der Waals surface area contributed by atoms with Crippen molar-refractivity contribution in [2.45, 2.75) is 6.92 Å². The molecular formula is C6H18N4O. The topological polar surface area (TPSA) is 116 Å². The quantitative estimate of drug-likeness (QED) is 0.437. The fourth-order valence-corrected chi connectivity index (χ4v) is 0.385. The van der Waals surface area contributed by atoms with E-state index in [9.17, 15) is 4.79 Å². The zero-order chi connectivity index (χ0) is 7.98. The number of hydrogen-bond donors (Lipinski definition) is 4. The fourth-order valence-electron chi connectivity index (χ4n) is 0.385. The van der Waals surface area contributed by atoms with Gasteiger partial charge in [0.15, 0.2) is 0 Å². The first-order valence-electron chi connectivity index (χ1n) is 3.04. The largest absolute Gasteiger partial charge is 0.400 e. The highest BCUT2D eigenvalue weighted by molar-refractivity contribution is 5.77. The lowest BCUT2D eigenvalue weighted by atomic mass is 10.4. The lowest BCUT2D eigenvalue weighted by Gasteiger charge is -1.97. The van der Waals surface area contributed by atoms with E-state index in [1.807, 2.05) is 0 Å². The van der Waals surface area contributed by atoms with Crippen molar-refractivity contribution in [1.82, 2.24) is 11.5 Å². The van der Waals surface area contributed by atoms with Gasteiger partial charge >= 0.3 is 0 Å². The summed E-state index contributed by atoms with van der Waals surface area (Å²) in [6.45, 7) is 2.12. The number of nitrogens with one attached hydrogen (secondary N) is 1. The Morgan fingerprint density at radius 2 is 2.27 bits per heavy atom. The van der Waals surface area contributed by atoms with Crippen LogP contribution >= 0.6 is 0 Å². The van der Waals surface area contributed by atoms with Gasteiger partial charge in [-0.15, -0.1) is 0 Å². The van der Waals surface area contributed by atoms with Crippen LogP contribution in [0.5, 0.6) is 0 Å². The Labute approximate surface area is 67.9 Å². The molecule has 0 spiro atoms. The molecule has 0 heterocycles. The highest BCUT2D eigenvalue weighted by atomic mass is 16.1. The summed E-state index contributed by atoms with van der Waals surface area (Å²) in [4.78, 5) is 10.3. The van der Waals surface area contributed by atoms with E-state index < -0.39 is 0 Å². The zero-order valence-electron chi connectivity index (χ0n) is 6.76. The first-order valence-corrected chi connectivity index (χ1v) is 3.04. The summed E-state index contributed by atoms with van der Waals surface area (Å²) >= 11 is 0. The van der Waals surface area contributed by atoms with E-state index in [-0.39, 0.29) is 13.4 Å². The van der Waals surface area contributed by atoms with Gasteiger partial charge < -0.3 is 22.9 Å². The third-order valence-electron chi connectivity index (χ3n) is 0.874. The number of carbonyl (C=O) groups excluding carboxylic acids is 1. The number of ketones is 1. The number of carbonyl (C=O) groups is 1. The van der Waals surface area contributed by atoms with Crippen LogP contribution < -0.4 is 22.9 Å². The summed E-state index contributed by atoms with van der Waals surface area (Å²) in [6, 6.07) is 0. The summed E-state index contributed by atoms with van der Waals surface area (Å²) in [6.07, 6.45) is 1.54. The summed E-state index contributed by atoms with van der Waals surface area (Å²) in [7, 11) is 0. The van der Waals surface area contributed by atoms with Crippen molar-refractivity contribution in [1.29, 1.82) is 0 Å². The van der Waals surface area contributed by atoms with Crippen molar-refractivity contribution in [3.05, 3.63) is 11.9 Å². The van der Waals surface area contributed by atoms with Gasteiger partial charge in [-0.05, 0) is 6.92 Å². The van der Waals surface area contributed by atoms with Gasteiger partial charge in [-0.3, -0.25) is 4.79 Å². The second kappa shape index (κ2) is 7.04. The molecule has 0 aliphatic heterocycles. The van der Waals surface area contributed by atoms with Crippen molar-refractivity contribution in [2.24, 2.45) is 11.5 Å². The number of rotatable bonds is 4. The maximum atomic E-state index is 10.3. The molecule has 0 saturated carbocycles. The predicted molar refractivity (Wildman–Crippen MR) is 47.1 cm³/mol. The molecule has 5 nitrogen and oxygen atoms in total. The van der Waals surface area contributed by atoms with E-state index in [0.29, 0.717) is 18.8 Å². The van der Waals surface area contributed by atoms with Gasteiger partial charge in [0.1, 0.15) is 5.78 Å². The smallest absolute Gasteiger partial charge is 0.148 e. The van der Waals surface area contributed by atoms with Gasteiger partial charge in [0.2, 0.25) is 0 Å². The van der Waals surface area contributed by atoms with Crippen molar-refractivity contribution in [3.63, 3.8) is 0 Å². The van der Waals surface area contributed by atoms with Crippen LogP contribution in [0, 0.1) is 0 Å². The lowest BCUT2D eigenvalue weighted by Crippen LogP contribution is -2.19. The van der Waals surface area contributed by atoms with E-state index in [4.69, 9.17) is 11.5 Å². The summed E-state index contributed by atoms with van der Waals surface area (Å²) < 4.78 is 0. The van der Waals surface area contributed by atoms with Crippen LogP contribution in [0.4, 0.5) is 0 Å². The normalized spacial score (nSPS) is 10.2. The lowest BCUT2D eigenvalue weighted by molar-refractivity contribution is -0.116. The molecule has 0 aliphatic rings. The van der Waals surface area contributed by atoms with Gasteiger partial charge in [0.25, 0.3) is 0 Å². The molecular weight excluding hydrogens is 144 g/mol. The number of Topliss-reactive ketones (excluding diaryl/α,β-unsaturated/α-hetero) is 1. The van der Waals surface area contributed by atoms with Crippen LogP contribution in [0.15, 0.2) is 11.9 Å². The van der Waals surface area contributed by atoms with Gasteiger partial charge in [0, 0.05) is 19.9 Å². The van der Waals surface area contributed by atoms with Crippen molar-refractivity contribution in [2.75, 3.05) is 13.1 Å². The van der Waals surface area contributed by atoms with Crippen LogP contribution in [0.3, 0.4) is 0 Å². The molecule has 0 saturated heterocycles. The van der Waals surface area contributed by atoms with Gasteiger partial charge in [0.05, 0.1) is 6.54 Å². The Kier molecular flexibility index (Phi) is 8.06. The van der Waals surface area contributed by atoms with Crippen LogP contribution in [-0.4, -0.2) is 18.9 Å². The van der Waals surface area contributed by atoms with Crippen molar-refractivity contribution in [3.8, 4) is 0 Å². The molecule has 0 amide bonds. The standard InChI is InChI=1S/C6H13N3O.H3N.H2/c1-5(10)3-9-4-6(8)2-7;;/h4,9H,2-3,7-8H2,1H3;1H3;1H/b6-4-;;. The predicted octanol–water partition coefficient (Wildman–Crippen LogP) is -0.668. The molecule has 0 aromatic carbocycles. The minimum Gasteiger partial charge on any atom is -0.400 e. The van der Waals surface area contributed by atoms with E-state index in [1.165, 1.54) is 6.92 Å². The van der Waals surface area contributed by atoms with Gasteiger partial charge in [-0.2, -0.15) is 0 Å². The minimum absolute atomic E-state index is 0. The number of nitrogens with two attached hydrogens (primary N) is 2. The SMILES string of the molecule is CC(=O)CN/C=C(\N)CN.N.[HH]. The molecule has 11 heavy (non-hydrogen) atoms. The Morgan fingerprint density at radius 1 is 1.73 bits per heavy atom. The van der Waals surface area contributed by atoms with E-state index in [0.717, 1.165) is 0 Å². The fraction of sp³-hybridized carbons (Fsp3) is 0.500. The first kappa shape index (κ1) is 12.6. The maximum absolute atomic E-state index is 10.3. The highest BCUT2D eigenvalue weighted by Gasteiger charge is 1.87. The number of hydrogen-bond acceptors (Lipinski definition) is 5. The van der Waals surface area contributed by atoms with E-state index in [1.54, 1.807) is 6.20 Å². The average molecular weight is 162 g/mol. The maximum Gasteiger partial charge on any atom is 0.148 e. The monoisotopic (exact) mass is 162 g/mol. The molecule has 68 valence electrons. The second-order valence-corrected chi connectivity index (χ2v) is 2.01. The summed E-state index contributed by atoms with van der Waals surface area (Å²) in [5.41, 5.74) is 11.0. The van der Waals surface area contributed by atoms with Crippen LogP contribution in [0.1, 0.15) is 8.35 Å². The Bertz CT molecular complexity index is 148. The van der Waals surface area contributed by atoms with Crippen molar-refractivity contribution >= 4 is 5.78 Å². The summed E-state index contributed by atoms with van der Waals surface area (Å²) in [5.74, 6) is 0.0704. The van der Waals surface area contributed by atoms with Gasteiger partial charge in [-0.1, -0.05) is 0 Å². The molecule has 5 heteroatoms. The molecule has 0 radical (unpaired) electrons. The molecule has 0 unspecified atom stereocenters. The Hall–Kier alpha value is -1.07. The van der Waals surface area contributed by atoms with E-state index in [2.05, 4.69) is 5.32 Å². The Morgan fingerprint density at radius 3 is 2.64 bits per heavy atom. The van der Waals surface area contributed by atoms with Crippen LogP contribution in [-0.2, 0) is 4.79 Å². The van der Waals surface area contributed by atoms with Crippen LogP contribution in [0.2, 0.25) is 0 Å². The molecule has 0 fully saturated rings. The summed E-state index contributed by atoms with van der Waals surface area (Å²) in [5, 5.41) is 2.72. The Balaban J connectivity index is -0.000000405. The molecule has 0 aromatic heterocycles. The highest BCUT2D eigenvalue weighted by Crippen LogP contribution is 1.73. The third-order valence-corrected chi connectivity index (χ3v) is 0.874. The van der Waals surface area contributed by atoms with Crippen molar-refractivity contribution < 1.29 is 6.22 Å². The molecule has 0 aromatic rings. The molecule has 0 atom stereocenters. The average Bonchev–Trinajstić information content (AvgIpc) is 1.87. The molecule has 0 bridgehead atoms. The molecule has 0 aliphatic carbocycles. The third kappa shape index (κ3) is 8.93. The van der Waals surface area contributed by atoms with E-state index >= 15 is 0 Å². The van der Waals surface area contributed by atoms with Gasteiger partial charge in [-0.25, -0.2) is 0 Å². The van der Waals surface area contributed by atoms with Crippen LogP contribution in [0.25, 0.3) is 0 Å². The molecule has 8 N–H and O–H groups in total.